The van der Waals surface area contributed by atoms with Gasteiger partial charge >= 0.3 is 0 Å². The van der Waals surface area contributed by atoms with E-state index in [2.05, 4.69) is 12.1 Å². The van der Waals surface area contributed by atoms with E-state index in [4.69, 9.17) is 10.8 Å². The van der Waals surface area contributed by atoms with Crippen molar-refractivity contribution in [1.29, 1.82) is 0 Å². The van der Waals surface area contributed by atoms with Crippen molar-refractivity contribution in [3.63, 3.8) is 0 Å². The topological polar surface area (TPSA) is 64.2 Å². The van der Waals surface area contributed by atoms with E-state index in [1.807, 2.05) is 59.1 Å². The molecule has 28 heavy (non-hydrogen) atoms. The van der Waals surface area contributed by atoms with E-state index in [9.17, 15) is 4.79 Å². The molecule has 1 aliphatic rings. The van der Waals surface area contributed by atoms with Gasteiger partial charge in [-0.3, -0.25) is 9.48 Å². The maximum absolute atomic E-state index is 13.0. The van der Waals surface area contributed by atoms with Crippen molar-refractivity contribution >= 4 is 5.91 Å². The average molecular weight is 374 g/mol. The van der Waals surface area contributed by atoms with Crippen molar-refractivity contribution in [2.75, 3.05) is 19.6 Å². The van der Waals surface area contributed by atoms with Gasteiger partial charge in [-0.25, -0.2) is 0 Å². The Hall–Kier alpha value is -2.92. The number of nitrogens with zero attached hydrogens (tertiary/aromatic N) is 3. The normalized spacial score (nSPS) is 13.9. The summed E-state index contributed by atoms with van der Waals surface area (Å²) in [5, 5.41) is 4.76. The van der Waals surface area contributed by atoms with Crippen molar-refractivity contribution in [3.8, 4) is 11.3 Å². The first kappa shape index (κ1) is 18.4. The highest BCUT2D eigenvalue weighted by atomic mass is 16.2. The standard InChI is InChI=1S/C23H26N4O/c1-26-21-13-16-27(23(28)19-9-7-17(8-10-19)11-14-24)15-12-20(21)22(25-26)18-5-3-2-4-6-18/h2-10H,11-16,24H2,1H3. The van der Waals surface area contributed by atoms with Gasteiger partial charge in [0.15, 0.2) is 0 Å². The Morgan fingerprint density at radius 1 is 1.04 bits per heavy atom. The van der Waals surface area contributed by atoms with Crippen molar-refractivity contribution in [2.45, 2.75) is 19.3 Å². The summed E-state index contributed by atoms with van der Waals surface area (Å²) in [6, 6.07) is 18.1. The molecule has 5 nitrogen and oxygen atoms in total. The molecule has 2 N–H and O–H groups in total. The first-order valence-corrected chi connectivity index (χ1v) is 9.86. The van der Waals surface area contributed by atoms with E-state index < -0.39 is 0 Å². The zero-order valence-electron chi connectivity index (χ0n) is 16.3. The molecule has 2 heterocycles. The van der Waals surface area contributed by atoms with Crippen molar-refractivity contribution in [1.82, 2.24) is 14.7 Å². The van der Waals surface area contributed by atoms with Gasteiger partial charge in [-0.15, -0.1) is 0 Å². The Labute approximate surface area is 165 Å². The van der Waals surface area contributed by atoms with Gasteiger partial charge in [0.05, 0.1) is 5.69 Å². The second kappa shape index (κ2) is 7.98. The number of aryl methyl sites for hydroxylation is 1. The molecule has 0 fully saturated rings. The average Bonchev–Trinajstić information content (AvgIpc) is 2.90. The SMILES string of the molecule is Cn1nc(-c2ccccc2)c2c1CCN(C(=O)c1ccc(CCN)cc1)CC2. The molecular weight excluding hydrogens is 348 g/mol. The third kappa shape index (κ3) is 3.58. The summed E-state index contributed by atoms with van der Waals surface area (Å²) in [5.41, 5.74) is 12.2. The summed E-state index contributed by atoms with van der Waals surface area (Å²) in [4.78, 5) is 15.0. The Morgan fingerprint density at radius 2 is 1.75 bits per heavy atom. The molecule has 0 saturated carbocycles. The maximum atomic E-state index is 13.0. The van der Waals surface area contributed by atoms with Gasteiger partial charge in [0.2, 0.25) is 0 Å². The number of fused-ring (bicyclic) bond motifs is 1. The van der Waals surface area contributed by atoms with Crippen LogP contribution in [-0.2, 0) is 26.3 Å². The third-order valence-electron chi connectivity index (χ3n) is 5.49. The molecule has 0 aliphatic carbocycles. The van der Waals surface area contributed by atoms with Crippen LogP contribution in [0.15, 0.2) is 54.6 Å². The number of hydrogen-bond acceptors (Lipinski definition) is 3. The number of hydrogen-bond donors (Lipinski definition) is 1. The highest BCUT2D eigenvalue weighted by Crippen LogP contribution is 2.28. The summed E-state index contributed by atoms with van der Waals surface area (Å²) < 4.78 is 1.98. The van der Waals surface area contributed by atoms with Gasteiger partial charge in [-0.05, 0) is 37.1 Å². The molecule has 3 aromatic rings. The summed E-state index contributed by atoms with van der Waals surface area (Å²) in [7, 11) is 2.00. The molecular formula is C23H26N4O. The maximum Gasteiger partial charge on any atom is 0.253 e. The Kier molecular flexibility index (Phi) is 5.26. The molecule has 0 spiro atoms. The molecule has 1 amide bonds. The van der Waals surface area contributed by atoms with Crippen LogP contribution in [0.5, 0.6) is 0 Å². The van der Waals surface area contributed by atoms with Crippen LogP contribution in [0.2, 0.25) is 0 Å². The minimum Gasteiger partial charge on any atom is -0.338 e. The summed E-state index contributed by atoms with van der Waals surface area (Å²) in [6.07, 6.45) is 2.48. The number of benzene rings is 2. The van der Waals surface area contributed by atoms with Crippen LogP contribution < -0.4 is 5.73 Å². The Bertz CT molecular complexity index is 960. The minimum atomic E-state index is 0.0984. The van der Waals surface area contributed by atoms with Gasteiger partial charge in [-0.1, -0.05) is 42.5 Å². The largest absolute Gasteiger partial charge is 0.338 e. The van der Waals surface area contributed by atoms with Crippen LogP contribution in [0.1, 0.15) is 27.2 Å². The minimum absolute atomic E-state index is 0.0984. The lowest BCUT2D eigenvalue weighted by molar-refractivity contribution is 0.0762. The van der Waals surface area contributed by atoms with Gasteiger partial charge in [-0.2, -0.15) is 5.10 Å². The number of amides is 1. The van der Waals surface area contributed by atoms with E-state index >= 15 is 0 Å². The van der Waals surface area contributed by atoms with Crippen LogP contribution in [0, 0.1) is 0 Å². The van der Waals surface area contributed by atoms with Crippen LogP contribution in [0.4, 0.5) is 0 Å². The highest BCUT2D eigenvalue weighted by Gasteiger charge is 2.25. The molecule has 0 unspecified atom stereocenters. The molecule has 0 atom stereocenters. The fourth-order valence-corrected chi connectivity index (χ4v) is 3.97. The van der Waals surface area contributed by atoms with Crippen molar-refractivity contribution < 1.29 is 4.79 Å². The molecule has 2 aromatic carbocycles. The van der Waals surface area contributed by atoms with Crippen LogP contribution in [0.25, 0.3) is 11.3 Å². The monoisotopic (exact) mass is 374 g/mol. The quantitative estimate of drug-likeness (QED) is 0.764. The number of carbonyl (C=O) groups is 1. The molecule has 1 aromatic heterocycles. The molecule has 0 saturated heterocycles. The zero-order chi connectivity index (χ0) is 19.5. The second-order valence-electron chi connectivity index (χ2n) is 7.29. The first-order valence-electron chi connectivity index (χ1n) is 9.86. The lowest BCUT2D eigenvalue weighted by atomic mass is 10.0. The van der Waals surface area contributed by atoms with Crippen LogP contribution >= 0.6 is 0 Å². The lowest BCUT2D eigenvalue weighted by Gasteiger charge is -2.20. The molecule has 0 radical (unpaired) electrons. The fraction of sp³-hybridized carbons (Fsp3) is 0.304. The Balaban J connectivity index is 1.54. The van der Waals surface area contributed by atoms with Gasteiger partial charge in [0, 0.05) is 48.9 Å². The first-order chi connectivity index (χ1) is 13.7. The molecule has 4 rings (SSSR count). The van der Waals surface area contributed by atoms with E-state index in [1.54, 1.807) is 0 Å². The van der Waals surface area contributed by atoms with Crippen molar-refractivity contribution in [2.24, 2.45) is 12.8 Å². The molecule has 144 valence electrons. The fourth-order valence-electron chi connectivity index (χ4n) is 3.97. The van der Waals surface area contributed by atoms with E-state index in [1.165, 1.54) is 16.8 Å². The smallest absolute Gasteiger partial charge is 0.253 e. The third-order valence-corrected chi connectivity index (χ3v) is 5.49. The highest BCUT2D eigenvalue weighted by molar-refractivity contribution is 5.94. The van der Waals surface area contributed by atoms with E-state index in [0.29, 0.717) is 19.6 Å². The molecule has 1 aliphatic heterocycles. The molecule has 5 heteroatoms. The van der Waals surface area contributed by atoms with E-state index in [0.717, 1.165) is 36.1 Å². The lowest BCUT2D eigenvalue weighted by Crippen LogP contribution is -2.33. The van der Waals surface area contributed by atoms with Gasteiger partial charge < -0.3 is 10.6 Å². The number of nitrogens with two attached hydrogens (primary N) is 1. The van der Waals surface area contributed by atoms with E-state index in [-0.39, 0.29) is 5.91 Å². The second-order valence-corrected chi connectivity index (χ2v) is 7.29. The van der Waals surface area contributed by atoms with Gasteiger partial charge in [0.25, 0.3) is 5.91 Å². The zero-order valence-corrected chi connectivity index (χ0v) is 16.3. The number of rotatable bonds is 4. The van der Waals surface area contributed by atoms with Crippen LogP contribution in [-0.4, -0.2) is 40.2 Å². The van der Waals surface area contributed by atoms with Crippen LogP contribution in [0.3, 0.4) is 0 Å². The summed E-state index contributed by atoms with van der Waals surface area (Å²) >= 11 is 0. The summed E-state index contributed by atoms with van der Waals surface area (Å²) in [5.74, 6) is 0.0984. The van der Waals surface area contributed by atoms with Crippen molar-refractivity contribution in [3.05, 3.63) is 77.0 Å². The number of carbonyl (C=O) groups excluding carboxylic acids is 1. The predicted molar refractivity (Wildman–Crippen MR) is 111 cm³/mol. The summed E-state index contributed by atoms with van der Waals surface area (Å²) in [6.45, 7) is 2.04. The van der Waals surface area contributed by atoms with Gasteiger partial charge in [0.1, 0.15) is 0 Å². The Morgan fingerprint density at radius 3 is 2.46 bits per heavy atom. The molecule has 0 bridgehead atoms. The predicted octanol–water partition coefficient (Wildman–Crippen LogP) is 2.83. The number of aromatic nitrogens is 2.